The van der Waals surface area contributed by atoms with Crippen LogP contribution in [0, 0.1) is 0 Å². The second kappa shape index (κ2) is 8.05. The van der Waals surface area contributed by atoms with E-state index in [1.165, 1.54) is 0 Å². The van der Waals surface area contributed by atoms with Gasteiger partial charge in [0.2, 0.25) is 0 Å². The molecule has 4 N–H and O–H groups in total. The third-order valence-corrected chi connectivity index (χ3v) is 5.34. The maximum absolute atomic E-state index is 11.0. The van der Waals surface area contributed by atoms with Crippen LogP contribution in [0.3, 0.4) is 0 Å². The zero-order valence-corrected chi connectivity index (χ0v) is 16.6. The summed E-state index contributed by atoms with van der Waals surface area (Å²) >= 11 is 0. The molecule has 0 radical (unpaired) electrons. The predicted molar refractivity (Wildman–Crippen MR) is 122 cm³/mol. The molecule has 0 saturated heterocycles. The van der Waals surface area contributed by atoms with Crippen LogP contribution in [-0.4, -0.2) is 28.0 Å². The first kappa shape index (κ1) is 19.0. The molecule has 0 atom stereocenters. The molecule has 0 unspecified atom stereocenters. The number of carbonyl (C=O) groups excluding carboxylic acids is 1. The molecule has 6 rings (SSSR count). The lowest BCUT2D eigenvalue weighted by Gasteiger charge is -2.10. The number of carbonyl (C=O) groups is 1. The van der Waals surface area contributed by atoms with Gasteiger partial charge in [-0.2, -0.15) is 0 Å². The Labute approximate surface area is 179 Å². The van der Waals surface area contributed by atoms with Gasteiger partial charge in [0.15, 0.2) is 0 Å². The Morgan fingerprint density at radius 1 is 0.839 bits per heavy atom. The van der Waals surface area contributed by atoms with Crippen molar-refractivity contribution in [2.75, 3.05) is 0 Å². The van der Waals surface area contributed by atoms with E-state index >= 15 is 0 Å². The summed E-state index contributed by atoms with van der Waals surface area (Å²) in [6.07, 6.45) is 3.76. The number of fused-ring (bicyclic) bond motifs is 3. The van der Waals surface area contributed by atoms with Gasteiger partial charge in [-0.05, 0) is 58.9 Å². The zero-order chi connectivity index (χ0) is 21.2. The van der Waals surface area contributed by atoms with Gasteiger partial charge < -0.3 is 25.0 Å². The lowest BCUT2D eigenvalue weighted by molar-refractivity contribution is 0.0965. The average molecular weight is 409 g/mol. The topological polar surface area (TPSA) is 90.1 Å². The highest BCUT2D eigenvalue weighted by Gasteiger charge is 2.19. The zero-order valence-electron chi connectivity index (χ0n) is 16.6. The smallest absolute Gasteiger partial charge is 0.532 e. The van der Waals surface area contributed by atoms with Gasteiger partial charge in [0.25, 0.3) is 5.91 Å². The van der Waals surface area contributed by atoms with Crippen molar-refractivity contribution in [1.82, 2.24) is 15.3 Å². The minimum absolute atomic E-state index is 0.0515. The quantitative estimate of drug-likeness (QED) is 0.345. The average Bonchev–Trinajstić information content (AvgIpc) is 3.53. The first-order chi connectivity index (χ1) is 15.2. The Kier molecular flexibility index (Phi) is 4.94. The summed E-state index contributed by atoms with van der Waals surface area (Å²) < 4.78 is 5.63. The summed E-state index contributed by atoms with van der Waals surface area (Å²) in [6.45, 7) is 0.689. The molecule has 0 bridgehead atoms. The normalized spacial score (nSPS) is 12.2. The van der Waals surface area contributed by atoms with E-state index in [0.29, 0.717) is 12.3 Å². The molecule has 7 heteroatoms. The maximum Gasteiger partial charge on any atom is 0.560 e. The minimum atomic E-state index is -0.985. The number of hydrogen-bond donors (Lipinski definition) is 4. The monoisotopic (exact) mass is 409 g/mol. The standard InChI is InChI=1S/C16H13BN2O2.C8H7NO/c20-17(13-1-3-15-11(9-13)5-7-18-15)21-14-2-4-16-12(10-14)6-8-19-16;10-8-7-4-2-1-3-6(7)5-9-8/h1-10,18-20H;1-4H,5H2,(H,9,10). The summed E-state index contributed by atoms with van der Waals surface area (Å²) in [7, 11) is -0.985. The molecule has 5 aromatic rings. The molecular formula is C24H20BN3O3. The van der Waals surface area contributed by atoms with Gasteiger partial charge in [0.1, 0.15) is 5.75 Å². The minimum Gasteiger partial charge on any atom is -0.532 e. The van der Waals surface area contributed by atoms with Crippen molar-refractivity contribution in [2.45, 2.75) is 6.54 Å². The van der Waals surface area contributed by atoms with E-state index in [1.54, 1.807) is 0 Å². The third kappa shape index (κ3) is 3.91. The number of hydrogen-bond acceptors (Lipinski definition) is 3. The molecule has 3 heterocycles. The number of rotatable bonds is 3. The maximum atomic E-state index is 11.0. The van der Waals surface area contributed by atoms with Crippen LogP contribution in [0.1, 0.15) is 15.9 Å². The van der Waals surface area contributed by atoms with Crippen LogP contribution in [0.25, 0.3) is 21.8 Å². The lowest BCUT2D eigenvalue weighted by atomic mass is 9.79. The summed E-state index contributed by atoms with van der Waals surface area (Å²) in [6, 6.07) is 23.0. The van der Waals surface area contributed by atoms with Gasteiger partial charge >= 0.3 is 7.12 Å². The van der Waals surface area contributed by atoms with Gasteiger partial charge in [-0.1, -0.05) is 30.3 Å². The Bertz CT molecular complexity index is 1370. The third-order valence-electron chi connectivity index (χ3n) is 5.34. The van der Waals surface area contributed by atoms with Crippen molar-refractivity contribution in [3.63, 3.8) is 0 Å². The van der Waals surface area contributed by atoms with Gasteiger partial charge in [0.05, 0.1) is 0 Å². The van der Waals surface area contributed by atoms with Crippen LogP contribution in [0.4, 0.5) is 0 Å². The molecule has 2 aromatic heterocycles. The Hall–Kier alpha value is -3.97. The first-order valence-electron chi connectivity index (χ1n) is 10.0. The highest BCUT2D eigenvalue weighted by molar-refractivity contribution is 6.61. The van der Waals surface area contributed by atoms with Gasteiger partial charge in [-0.25, -0.2) is 0 Å². The van der Waals surface area contributed by atoms with Crippen LogP contribution in [0.15, 0.2) is 85.2 Å². The molecular weight excluding hydrogens is 389 g/mol. The van der Waals surface area contributed by atoms with E-state index in [2.05, 4.69) is 15.3 Å². The van der Waals surface area contributed by atoms with Crippen molar-refractivity contribution < 1.29 is 14.5 Å². The molecule has 0 saturated carbocycles. The number of H-pyrrole nitrogens is 2. The summed E-state index contributed by atoms with van der Waals surface area (Å²) in [4.78, 5) is 17.2. The largest absolute Gasteiger partial charge is 0.560 e. The van der Waals surface area contributed by atoms with Crippen molar-refractivity contribution >= 4 is 40.3 Å². The molecule has 0 spiro atoms. The Morgan fingerprint density at radius 2 is 1.55 bits per heavy atom. The molecule has 1 aliphatic heterocycles. The number of benzene rings is 3. The second-order valence-electron chi connectivity index (χ2n) is 7.36. The van der Waals surface area contributed by atoms with E-state index in [0.717, 1.165) is 38.4 Å². The highest BCUT2D eigenvalue weighted by atomic mass is 16.5. The second-order valence-corrected chi connectivity index (χ2v) is 7.36. The van der Waals surface area contributed by atoms with Crippen molar-refractivity contribution in [1.29, 1.82) is 0 Å². The molecule has 31 heavy (non-hydrogen) atoms. The fourth-order valence-electron chi connectivity index (χ4n) is 3.69. The number of aromatic nitrogens is 2. The van der Waals surface area contributed by atoms with Gasteiger partial charge in [0, 0.05) is 40.9 Å². The van der Waals surface area contributed by atoms with E-state index in [1.807, 2.05) is 85.2 Å². The van der Waals surface area contributed by atoms with Crippen LogP contribution in [0.2, 0.25) is 0 Å². The van der Waals surface area contributed by atoms with Crippen LogP contribution in [-0.2, 0) is 6.54 Å². The van der Waals surface area contributed by atoms with Crippen LogP contribution in [0.5, 0.6) is 5.75 Å². The summed E-state index contributed by atoms with van der Waals surface area (Å²) in [5, 5.41) is 15.1. The van der Waals surface area contributed by atoms with Crippen LogP contribution < -0.4 is 15.4 Å². The summed E-state index contributed by atoms with van der Waals surface area (Å²) in [5.41, 5.74) is 4.75. The van der Waals surface area contributed by atoms with Gasteiger partial charge in [-0.3, -0.25) is 4.79 Å². The van der Waals surface area contributed by atoms with Crippen molar-refractivity contribution in [2.24, 2.45) is 0 Å². The molecule has 152 valence electrons. The molecule has 1 amide bonds. The van der Waals surface area contributed by atoms with Crippen molar-refractivity contribution in [3.8, 4) is 5.75 Å². The first-order valence-corrected chi connectivity index (χ1v) is 10.0. The Morgan fingerprint density at radius 3 is 2.32 bits per heavy atom. The summed E-state index contributed by atoms with van der Waals surface area (Å²) in [5.74, 6) is 0.694. The van der Waals surface area contributed by atoms with E-state index in [4.69, 9.17) is 4.65 Å². The molecule has 6 nitrogen and oxygen atoms in total. The van der Waals surface area contributed by atoms with Crippen LogP contribution >= 0.6 is 0 Å². The molecule has 0 aliphatic carbocycles. The Balaban J connectivity index is 0.000000171. The SMILES string of the molecule is O=C1NCc2ccccc21.OB(Oc1ccc2[nH]ccc2c1)c1ccc2[nH]ccc2c1. The molecule has 3 aromatic carbocycles. The lowest BCUT2D eigenvalue weighted by Crippen LogP contribution is -2.36. The van der Waals surface area contributed by atoms with Crippen molar-refractivity contribution in [3.05, 3.63) is 96.3 Å². The van der Waals surface area contributed by atoms with E-state index in [-0.39, 0.29) is 5.91 Å². The highest BCUT2D eigenvalue weighted by Crippen LogP contribution is 2.20. The predicted octanol–water partition coefficient (Wildman–Crippen LogP) is 3.35. The van der Waals surface area contributed by atoms with Gasteiger partial charge in [-0.15, -0.1) is 0 Å². The fourth-order valence-corrected chi connectivity index (χ4v) is 3.69. The van der Waals surface area contributed by atoms with E-state index in [9.17, 15) is 9.82 Å². The number of aromatic amines is 2. The number of nitrogens with one attached hydrogen (secondary N) is 3. The number of amides is 1. The molecule has 1 aliphatic rings. The van der Waals surface area contributed by atoms with E-state index < -0.39 is 7.12 Å². The molecule has 0 fully saturated rings. The fraction of sp³-hybridized carbons (Fsp3) is 0.0417.